The number of aromatic nitrogens is 4. The average molecular weight is 549 g/mol. The first-order chi connectivity index (χ1) is 21.3. The van der Waals surface area contributed by atoms with E-state index >= 15 is 0 Å². The zero-order valence-corrected chi connectivity index (χ0v) is 23.1. The fourth-order valence-corrected chi connectivity index (χ4v) is 6.64. The topological polar surface area (TPSA) is 43.6 Å². The van der Waals surface area contributed by atoms with Crippen molar-refractivity contribution in [2.45, 2.75) is 0 Å². The summed E-state index contributed by atoms with van der Waals surface area (Å²) in [5, 5.41) is 8.20. The van der Waals surface area contributed by atoms with Crippen LogP contribution in [0.2, 0.25) is 0 Å². The molecule has 4 heteroatoms. The molecule has 0 aliphatic carbocycles. The highest BCUT2D eigenvalue weighted by Gasteiger charge is 2.19. The van der Waals surface area contributed by atoms with Crippen LogP contribution in [0, 0.1) is 0 Å². The molecule has 4 heterocycles. The second-order valence-corrected chi connectivity index (χ2v) is 10.9. The lowest BCUT2D eigenvalue weighted by Crippen LogP contribution is -1.97. The molecule has 4 aromatic heterocycles. The van der Waals surface area contributed by atoms with E-state index in [1.165, 1.54) is 32.7 Å². The van der Waals surface area contributed by atoms with Crippen LogP contribution in [0.25, 0.3) is 82.6 Å². The van der Waals surface area contributed by atoms with E-state index in [0.29, 0.717) is 0 Å². The van der Waals surface area contributed by atoms with Crippen molar-refractivity contribution in [3.8, 4) is 28.2 Å². The van der Waals surface area contributed by atoms with Gasteiger partial charge in [0.25, 0.3) is 0 Å². The fraction of sp³-hybridized carbons (Fsp3) is 0. The molecule has 0 saturated heterocycles. The molecule has 0 N–H and O–H groups in total. The summed E-state index contributed by atoms with van der Waals surface area (Å²) < 4.78 is 2.15. The average Bonchev–Trinajstić information content (AvgIpc) is 3.41. The number of hydrogen-bond donors (Lipinski definition) is 0. The van der Waals surface area contributed by atoms with E-state index < -0.39 is 0 Å². The summed E-state index contributed by atoms with van der Waals surface area (Å²) in [6, 6.07) is 47.0. The van der Waals surface area contributed by atoms with Crippen molar-refractivity contribution in [1.29, 1.82) is 0 Å². The third-order valence-corrected chi connectivity index (χ3v) is 8.48. The van der Waals surface area contributed by atoms with Crippen molar-refractivity contribution >= 4 is 54.4 Å². The van der Waals surface area contributed by atoms with E-state index in [2.05, 4.69) is 119 Å². The zero-order valence-electron chi connectivity index (χ0n) is 23.1. The summed E-state index contributed by atoms with van der Waals surface area (Å²) in [7, 11) is 0. The van der Waals surface area contributed by atoms with E-state index in [-0.39, 0.29) is 0 Å². The highest BCUT2D eigenvalue weighted by molar-refractivity contribution is 6.22. The Kier molecular flexibility index (Phi) is 5.16. The molecule has 0 aliphatic heterocycles. The highest BCUT2D eigenvalue weighted by atomic mass is 15.1. The van der Waals surface area contributed by atoms with E-state index in [1.807, 2.05) is 36.7 Å². The Labute approximate surface area is 247 Å². The highest BCUT2D eigenvalue weighted by Crippen LogP contribution is 2.44. The molecule has 0 fully saturated rings. The molecular weight excluding hydrogens is 524 g/mol. The predicted molar refractivity (Wildman–Crippen MR) is 178 cm³/mol. The summed E-state index contributed by atoms with van der Waals surface area (Å²) in [5.41, 5.74) is 7.53. The van der Waals surface area contributed by atoms with E-state index in [4.69, 9.17) is 9.97 Å². The van der Waals surface area contributed by atoms with Gasteiger partial charge >= 0.3 is 0 Å². The number of pyridine rings is 3. The molecule has 0 atom stereocenters. The van der Waals surface area contributed by atoms with Crippen molar-refractivity contribution in [3.05, 3.63) is 146 Å². The zero-order chi connectivity index (χ0) is 28.3. The van der Waals surface area contributed by atoms with E-state index in [0.717, 1.165) is 49.9 Å². The first-order valence-corrected chi connectivity index (χ1v) is 14.5. The largest absolute Gasteiger partial charge is 0.278 e. The van der Waals surface area contributed by atoms with Gasteiger partial charge in [-0.1, -0.05) is 84.9 Å². The first kappa shape index (κ1) is 23.8. The summed E-state index contributed by atoms with van der Waals surface area (Å²) in [5.74, 6) is 0.858. The van der Waals surface area contributed by atoms with Crippen molar-refractivity contribution in [1.82, 2.24) is 19.5 Å². The molecule has 0 bridgehead atoms. The Hall–Kier alpha value is -5.87. The van der Waals surface area contributed by atoms with Crippen LogP contribution in [0.3, 0.4) is 0 Å². The van der Waals surface area contributed by atoms with Crippen LogP contribution in [0.15, 0.2) is 146 Å². The van der Waals surface area contributed by atoms with E-state index in [9.17, 15) is 0 Å². The maximum absolute atomic E-state index is 5.14. The van der Waals surface area contributed by atoms with Crippen molar-refractivity contribution in [2.24, 2.45) is 0 Å². The number of fused-ring (bicyclic) bond motifs is 6. The molecule has 43 heavy (non-hydrogen) atoms. The summed E-state index contributed by atoms with van der Waals surface area (Å²) in [6.07, 6.45) is 3.68. The Morgan fingerprint density at radius 3 is 1.91 bits per heavy atom. The smallest absolute Gasteiger partial charge is 0.146 e. The minimum Gasteiger partial charge on any atom is -0.278 e. The predicted octanol–water partition coefficient (Wildman–Crippen LogP) is 9.76. The molecule has 0 spiro atoms. The maximum Gasteiger partial charge on any atom is 0.146 e. The van der Waals surface area contributed by atoms with Crippen LogP contribution >= 0.6 is 0 Å². The molecule has 5 aromatic carbocycles. The summed E-state index contributed by atoms with van der Waals surface area (Å²) in [4.78, 5) is 14.6. The third kappa shape index (κ3) is 3.60. The number of para-hydroxylation sites is 1. The Morgan fingerprint density at radius 2 is 1.14 bits per heavy atom. The summed E-state index contributed by atoms with van der Waals surface area (Å²) >= 11 is 0. The van der Waals surface area contributed by atoms with Gasteiger partial charge in [0.2, 0.25) is 0 Å². The molecule has 0 aliphatic rings. The minimum atomic E-state index is 0.858. The Balaban J connectivity index is 1.36. The van der Waals surface area contributed by atoms with Gasteiger partial charge in [-0.05, 0) is 81.2 Å². The van der Waals surface area contributed by atoms with Crippen molar-refractivity contribution in [3.63, 3.8) is 0 Å². The van der Waals surface area contributed by atoms with Gasteiger partial charge < -0.3 is 0 Å². The minimum absolute atomic E-state index is 0.858. The van der Waals surface area contributed by atoms with Crippen LogP contribution in [0.1, 0.15) is 0 Å². The monoisotopic (exact) mass is 548 g/mol. The van der Waals surface area contributed by atoms with Gasteiger partial charge in [-0.25, -0.2) is 15.0 Å². The molecule has 0 unspecified atom stereocenters. The molecule has 0 radical (unpaired) electrons. The maximum atomic E-state index is 5.14. The molecule has 0 amide bonds. The van der Waals surface area contributed by atoms with Gasteiger partial charge in [-0.15, -0.1) is 0 Å². The van der Waals surface area contributed by atoms with Crippen LogP contribution in [0.5, 0.6) is 0 Å². The van der Waals surface area contributed by atoms with Gasteiger partial charge in [0, 0.05) is 34.1 Å². The summed E-state index contributed by atoms with van der Waals surface area (Å²) in [6.45, 7) is 0. The van der Waals surface area contributed by atoms with E-state index in [1.54, 1.807) is 0 Å². The molecule has 4 nitrogen and oxygen atoms in total. The SMILES string of the molecule is c1ccc(-n2c3ccc(-c4c5ccccc5c(-c5ccc6ccccc6n5)c5ccccc45)cc3c3cccnc32)nc1. The van der Waals surface area contributed by atoms with Crippen LogP contribution in [-0.2, 0) is 0 Å². The second kappa shape index (κ2) is 9.33. The number of hydrogen-bond acceptors (Lipinski definition) is 3. The quantitative estimate of drug-likeness (QED) is 0.206. The Bertz CT molecular complexity index is 2450. The first-order valence-electron chi connectivity index (χ1n) is 14.5. The fourth-order valence-electron chi connectivity index (χ4n) is 6.64. The van der Waals surface area contributed by atoms with Gasteiger partial charge in [0.15, 0.2) is 0 Å². The Morgan fingerprint density at radius 1 is 0.465 bits per heavy atom. The lowest BCUT2D eigenvalue weighted by Gasteiger charge is -2.17. The number of nitrogens with zero attached hydrogens (tertiary/aromatic N) is 4. The van der Waals surface area contributed by atoms with Crippen LogP contribution in [-0.4, -0.2) is 19.5 Å². The third-order valence-electron chi connectivity index (χ3n) is 8.48. The molecule has 0 saturated carbocycles. The number of rotatable bonds is 3. The lowest BCUT2D eigenvalue weighted by molar-refractivity contribution is 1.06. The molecule has 9 aromatic rings. The molecule has 200 valence electrons. The number of benzene rings is 5. The van der Waals surface area contributed by atoms with Crippen LogP contribution < -0.4 is 0 Å². The lowest BCUT2D eigenvalue weighted by atomic mass is 9.87. The van der Waals surface area contributed by atoms with Gasteiger partial charge in [-0.3, -0.25) is 4.57 Å². The molecular formula is C39H24N4. The van der Waals surface area contributed by atoms with Gasteiger partial charge in [-0.2, -0.15) is 0 Å². The standard InChI is InChI=1S/C39H24N4/c1-6-16-33-25(10-1)18-20-34(42-33)38-29-13-4-2-11-27(29)37(28-12-3-5-14-30(28)38)26-19-21-35-32(24-26)31-15-9-23-41-39(31)43(35)36-17-7-8-22-40-36/h1-24H. The normalized spacial score (nSPS) is 11.7. The van der Waals surface area contributed by atoms with Crippen molar-refractivity contribution < 1.29 is 0 Å². The van der Waals surface area contributed by atoms with Gasteiger partial charge in [0.1, 0.15) is 11.5 Å². The van der Waals surface area contributed by atoms with Crippen LogP contribution in [0.4, 0.5) is 0 Å². The van der Waals surface area contributed by atoms with Gasteiger partial charge in [0.05, 0.1) is 16.7 Å². The molecule has 9 rings (SSSR count). The second-order valence-electron chi connectivity index (χ2n) is 10.9. The van der Waals surface area contributed by atoms with Crippen molar-refractivity contribution in [2.75, 3.05) is 0 Å².